The molecule has 1 heterocycles. The van der Waals surface area contributed by atoms with Gasteiger partial charge in [-0.05, 0) is 35.7 Å². The molecule has 1 aromatic heterocycles. The second-order valence-electron chi connectivity index (χ2n) is 5.95. The molecular weight excluding hydrogens is 302 g/mol. The summed E-state index contributed by atoms with van der Waals surface area (Å²) in [5.41, 5.74) is 3.41. The van der Waals surface area contributed by atoms with E-state index < -0.39 is 0 Å². The van der Waals surface area contributed by atoms with Crippen molar-refractivity contribution in [1.29, 1.82) is 0 Å². The Kier molecular flexibility index (Phi) is 4.42. The highest BCUT2D eigenvalue weighted by atomic mass is 16.5. The number of benzene rings is 2. The quantitative estimate of drug-likeness (QED) is 0.772. The van der Waals surface area contributed by atoms with E-state index in [1.807, 2.05) is 24.3 Å². The molecule has 0 spiro atoms. The van der Waals surface area contributed by atoms with Crippen LogP contribution in [-0.2, 0) is 0 Å². The van der Waals surface area contributed by atoms with Crippen LogP contribution in [0.2, 0.25) is 0 Å². The summed E-state index contributed by atoms with van der Waals surface area (Å²) in [6, 6.07) is 15.0. The average Bonchev–Trinajstić information content (AvgIpc) is 3.02. The molecule has 0 unspecified atom stereocenters. The highest BCUT2D eigenvalue weighted by Crippen LogP contribution is 2.19. The minimum atomic E-state index is -0.150. The molecule has 3 aromatic rings. The molecule has 24 heavy (non-hydrogen) atoms. The van der Waals surface area contributed by atoms with E-state index in [0.29, 0.717) is 23.2 Å². The highest BCUT2D eigenvalue weighted by Gasteiger charge is 2.09. The number of amides is 1. The van der Waals surface area contributed by atoms with Gasteiger partial charge in [-0.25, -0.2) is 0 Å². The van der Waals surface area contributed by atoms with E-state index in [1.54, 1.807) is 31.2 Å². The van der Waals surface area contributed by atoms with E-state index in [0.717, 1.165) is 11.3 Å². The van der Waals surface area contributed by atoms with E-state index in [9.17, 15) is 4.79 Å². The zero-order valence-electron chi connectivity index (χ0n) is 13.9. The first-order valence-corrected chi connectivity index (χ1v) is 7.85. The molecule has 0 aliphatic heterocycles. The fraction of sp³-hybridized carbons (Fsp3) is 0.211. The Morgan fingerprint density at radius 2 is 1.71 bits per heavy atom. The maximum absolute atomic E-state index is 12.3. The Hall–Kier alpha value is -2.95. The van der Waals surface area contributed by atoms with Gasteiger partial charge >= 0.3 is 0 Å². The summed E-state index contributed by atoms with van der Waals surface area (Å²) in [6.07, 6.45) is 0. The molecule has 0 aliphatic carbocycles. The van der Waals surface area contributed by atoms with Crippen LogP contribution in [-0.4, -0.2) is 16.0 Å². The van der Waals surface area contributed by atoms with Crippen molar-refractivity contribution in [2.75, 3.05) is 5.32 Å². The van der Waals surface area contributed by atoms with Crippen LogP contribution in [0.4, 0.5) is 5.69 Å². The summed E-state index contributed by atoms with van der Waals surface area (Å²) in [5.74, 6) is 1.35. The van der Waals surface area contributed by atoms with Crippen molar-refractivity contribution < 1.29 is 9.32 Å². The van der Waals surface area contributed by atoms with Crippen molar-refractivity contribution >= 4 is 11.6 Å². The molecule has 3 rings (SSSR count). The fourth-order valence-corrected chi connectivity index (χ4v) is 2.34. The van der Waals surface area contributed by atoms with E-state index in [-0.39, 0.29) is 5.91 Å². The van der Waals surface area contributed by atoms with Crippen molar-refractivity contribution in [2.45, 2.75) is 26.7 Å². The number of hydrogen-bond acceptors (Lipinski definition) is 4. The van der Waals surface area contributed by atoms with E-state index in [1.165, 1.54) is 5.56 Å². The van der Waals surface area contributed by atoms with Crippen molar-refractivity contribution in [3.63, 3.8) is 0 Å². The number of carbonyl (C=O) groups is 1. The molecule has 0 saturated carbocycles. The lowest BCUT2D eigenvalue weighted by atomic mass is 10.0. The Bertz CT molecular complexity index is 834. The SMILES string of the molecule is Cc1nc(-c2ccc(C(=O)Nc3ccc(C(C)C)cc3)cc2)no1. The predicted octanol–water partition coefficient (Wildman–Crippen LogP) is 4.42. The van der Waals surface area contributed by atoms with Crippen LogP contribution in [0.25, 0.3) is 11.4 Å². The molecule has 0 aliphatic rings. The zero-order chi connectivity index (χ0) is 17.1. The number of anilines is 1. The molecule has 0 radical (unpaired) electrons. The smallest absolute Gasteiger partial charge is 0.255 e. The lowest BCUT2D eigenvalue weighted by Crippen LogP contribution is -2.11. The van der Waals surface area contributed by atoms with Gasteiger partial charge in [0.25, 0.3) is 5.91 Å². The van der Waals surface area contributed by atoms with Gasteiger partial charge in [-0.2, -0.15) is 4.98 Å². The minimum absolute atomic E-state index is 0.150. The summed E-state index contributed by atoms with van der Waals surface area (Å²) in [4.78, 5) is 16.5. The Balaban J connectivity index is 1.71. The number of hydrogen-bond donors (Lipinski definition) is 1. The molecule has 2 aromatic carbocycles. The molecule has 1 amide bonds. The fourth-order valence-electron chi connectivity index (χ4n) is 2.34. The predicted molar refractivity (Wildman–Crippen MR) is 93.0 cm³/mol. The lowest BCUT2D eigenvalue weighted by molar-refractivity contribution is 0.102. The molecule has 0 bridgehead atoms. The Morgan fingerprint density at radius 1 is 1.04 bits per heavy atom. The van der Waals surface area contributed by atoms with Crippen molar-refractivity contribution in [2.24, 2.45) is 0 Å². The van der Waals surface area contributed by atoms with Crippen molar-refractivity contribution in [1.82, 2.24) is 10.1 Å². The van der Waals surface area contributed by atoms with Gasteiger partial charge in [0.1, 0.15) is 0 Å². The maximum Gasteiger partial charge on any atom is 0.255 e. The van der Waals surface area contributed by atoms with Gasteiger partial charge in [-0.1, -0.05) is 43.3 Å². The number of aryl methyl sites for hydroxylation is 1. The van der Waals surface area contributed by atoms with Crippen LogP contribution < -0.4 is 5.32 Å². The van der Waals surface area contributed by atoms with Crippen LogP contribution in [0.3, 0.4) is 0 Å². The third kappa shape index (κ3) is 3.51. The van der Waals surface area contributed by atoms with Gasteiger partial charge in [0.2, 0.25) is 11.7 Å². The van der Waals surface area contributed by atoms with Gasteiger partial charge in [0.05, 0.1) is 0 Å². The summed E-state index contributed by atoms with van der Waals surface area (Å²) >= 11 is 0. The van der Waals surface area contributed by atoms with Crippen LogP contribution in [0.5, 0.6) is 0 Å². The normalized spacial score (nSPS) is 10.8. The number of aromatic nitrogens is 2. The van der Waals surface area contributed by atoms with Crippen molar-refractivity contribution in [3.8, 4) is 11.4 Å². The van der Waals surface area contributed by atoms with E-state index >= 15 is 0 Å². The third-order valence-electron chi connectivity index (χ3n) is 3.77. The van der Waals surface area contributed by atoms with Gasteiger partial charge in [0, 0.05) is 23.7 Å². The Morgan fingerprint density at radius 3 is 2.25 bits per heavy atom. The molecule has 0 saturated heterocycles. The molecule has 5 nitrogen and oxygen atoms in total. The van der Waals surface area contributed by atoms with Gasteiger partial charge in [0.15, 0.2) is 0 Å². The molecule has 1 N–H and O–H groups in total. The summed E-state index contributed by atoms with van der Waals surface area (Å²) in [6.45, 7) is 6.02. The second kappa shape index (κ2) is 6.66. The average molecular weight is 321 g/mol. The first-order valence-electron chi connectivity index (χ1n) is 7.85. The summed E-state index contributed by atoms with van der Waals surface area (Å²) in [7, 11) is 0. The molecule has 0 fully saturated rings. The van der Waals surface area contributed by atoms with Crippen molar-refractivity contribution in [3.05, 3.63) is 65.5 Å². The number of nitrogens with one attached hydrogen (secondary N) is 1. The van der Waals surface area contributed by atoms with Gasteiger partial charge in [-0.3, -0.25) is 4.79 Å². The number of nitrogens with zero attached hydrogens (tertiary/aromatic N) is 2. The standard InChI is InChI=1S/C19H19N3O2/c1-12(2)14-8-10-17(11-9-14)21-19(23)16-6-4-15(5-7-16)18-20-13(3)24-22-18/h4-12H,1-3H3,(H,21,23). The maximum atomic E-state index is 12.3. The van der Waals surface area contributed by atoms with Crippen LogP contribution in [0, 0.1) is 6.92 Å². The second-order valence-corrected chi connectivity index (χ2v) is 5.95. The summed E-state index contributed by atoms with van der Waals surface area (Å²) in [5, 5.41) is 6.76. The zero-order valence-corrected chi connectivity index (χ0v) is 13.9. The summed E-state index contributed by atoms with van der Waals surface area (Å²) < 4.78 is 4.96. The molecule has 122 valence electrons. The Labute approximate surface area is 140 Å². The van der Waals surface area contributed by atoms with Crippen LogP contribution in [0.1, 0.15) is 41.6 Å². The first kappa shape index (κ1) is 15.9. The minimum Gasteiger partial charge on any atom is -0.339 e. The van der Waals surface area contributed by atoms with E-state index in [4.69, 9.17) is 4.52 Å². The monoisotopic (exact) mass is 321 g/mol. The van der Waals surface area contributed by atoms with Gasteiger partial charge in [-0.15, -0.1) is 0 Å². The molecular formula is C19H19N3O2. The first-order chi connectivity index (χ1) is 11.5. The van der Waals surface area contributed by atoms with Crippen LogP contribution >= 0.6 is 0 Å². The lowest BCUT2D eigenvalue weighted by Gasteiger charge is -2.08. The highest BCUT2D eigenvalue weighted by molar-refractivity contribution is 6.04. The molecule has 5 heteroatoms. The topological polar surface area (TPSA) is 68.0 Å². The van der Waals surface area contributed by atoms with Crippen LogP contribution in [0.15, 0.2) is 53.1 Å². The molecule has 0 atom stereocenters. The van der Waals surface area contributed by atoms with E-state index in [2.05, 4.69) is 29.3 Å². The third-order valence-corrected chi connectivity index (χ3v) is 3.77. The number of carbonyl (C=O) groups excluding carboxylic acids is 1. The largest absolute Gasteiger partial charge is 0.339 e. The number of rotatable bonds is 4. The van der Waals surface area contributed by atoms with Gasteiger partial charge < -0.3 is 9.84 Å².